The molecule has 29 heavy (non-hydrogen) atoms. The van der Waals surface area contributed by atoms with E-state index in [1.807, 2.05) is 26.0 Å². The van der Waals surface area contributed by atoms with Gasteiger partial charge in [-0.05, 0) is 42.7 Å². The Morgan fingerprint density at radius 2 is 1.86 bits per heavy atom. The molecular formula is C20H21N3O4S2. The quantitative estimate of drug-likeness (QED) is 0.543. The SMILES string of the molecule is Cc1ccc(N2C(SCc3ccc([N+](=O)[O-])cc3)=N[C@H]3CS(=O)(=O)C[C@H]32)cc1C. The Morgan fingerprint density at radius 3 is 2.52 bits per heavy atom. The van der Waals surface area contributed by atoms with E-state index in [0.717, 1.165) is 22.0 Å². The maximum absolute atomic E-state index is 12.2. The summed E-state index contributed by atoms with van der Waals surface area (Å²) in [6, 6.07) is 12.2. The molecule has 0 spiro atoms. The number of anilines is 1. The fourth-order valence-electron chi connectivity index (χ4n) is 3.67. The fourth-order valence-corrected chi connectivity index (χ4v) is 6.60. The van der Waals surface area contributed by atoms with Crippen molar-refractivity contribution in [2.24, 2.45) is 4.99 Å². The number of aryl methyl sites for hydroxylation is 2. The topological polar surface area (TPSA) is 92.9 Å². The second-order valence-electron chi connectivity index (χ2n) is 7.47. The van der Waals surface area contributed by atoms with Crippen molar-refractivity contribution in [1.29, 1.82) is 0 Å². The third kappa shape index (κ3) is 4.02. The highest BCUT2D eigenvalue weighted by Crippen LogP contribution is 2.36. The summed E-state index contributed by atoms with van der Waals surface area (Å²) in [7, 11) is -3.09. The number of hydrogen-bond acceptors (Lipinski definition) is 7. The Bertz CT molecular complexity index is 1100. The number of rotatable bonds is 4. The molecule has 2 heterocycles. The Hall–Kier alpha value is -2.39. The van der Waals surface area contributed by atoms with Crippen LogP contribution in [0.2, 0.25) is 0 Å². The van der Waals surface area contributed by atoms with Gasteiger partial charge in [-0.1, -0.05) is 30.0 Å². The van der Waals surface area contributed by atoms with Gasteiger partial charge in [0.1, 0.15) is 0 Å². The standard InChI is InChI=1S/C20H21N3O4S2/c1-13-3-6-17(9-14(13)2)22-19-12-29(26,27)11-18(19)21-20(22)28-10-15-4-7-16(8-5-15)23(24)25/h3-9,18-19H,10-12H2,1-2H3/t18-,19+/m0/s1. The van der Waals surface area contributed by atoms with Crippen LogP contribution in [0.3, 0.4) is 0 Å². The normalized spacial score (nSPS) is 22.4. The molecule has 0 radical (unpaired) electrons. The van der Waals surface area contributed by atoms with Crippen molar-refractivity contribution < 1.29 is 13.3 Å². The average molecular weight is 432 g/mol. The molecule has 2 aromatic rings. The Kier molecular flexibility index (Phi) is 5.12. The van der Waals surface area contributed by atoms with E-state index in [4.69, 9.17) is 4.99 Å². The zero-order chi connectivity index (χ0) is 20.8. The number of fused-ring (bicyclic) bond motifs is 1. The highest BCUT2D eigenvalue weighted by Gasteiger charge is 2.47. The van der Waals surface area contributed by atoms with Crippen LogP contribution >= 0.6 is 11.8 Å². The minimum absolute atomic E-state index is 0.0634. The number of nitrogens with zero attached hydrogens (tertiary/aromatic N) is 3. The lowest BCUT2D eigenvalue weighted by Crippen LogP contribution is -2.39. The molecule has 0 unspecified atom stereocenters. The zero-order valence-electron chi connectivity index (χ0n) is 16.1. The smallest absolute Gasteiger partial charge is 0.269 e. The largest absolute Gasteiger partial charge is 0.315 e. The first-order chi connectivity index (χ1) is 13.7. The highest BCUT2D eigenvalue weighted by atomic mass is 32.2. The number of amidine groups is 1. The Balaban J connectivity index is 1.59. The molecule has 0 saturated carbocycles. The van der Waals surface area contributed by atoms with Gasteiger partial charge in [0.05, 0.1) is 28.5 Å². The predicted octanol–water partition coefficient (Wildman–Crippen LogP) is 3.49. The van der Waals surface area contributed by atoms with Crippen LogP contribution in [-0.4, -0.2) is 42.1 Å². The van der Waals surface area contributed by atoms with Crippen LogP contribution in [0.5, 0.6) is 0 Å². The van der Waals surface area contributed by atoms with E-state index >= 15 is 0 Å². The van der Waals surface area contributed by atoms with Crippen molar-refractivity contribution >= 4 is 38.1 Å². The van der Waals surface area contributed by atoms with E-state index in [1.165, 1.54) is 29.5 Å². The molecule has 2 aliphatic rings. The summed E-state index contributed by atoms with van der Waals surface area (Å²) in [5, 5.41) is 11.6. The molecule has 0 aliphatic carbocycles. The number of aliphatic imine (C=N–C) groups is 1. The van der Waals surface area contributed by atoms with E-state index < -0.39 is 14.8 Å². The van der Waals surface area contributed by atoms with Gasteiger partial charge < -0.3 is 4.90 Å². The monoisotopic (exact) mass is 431 g/mol. The number of nitro benzene ring substituents is 1. The van der Waals surface area contributed by atoms with Crippen molar-refractivity contribution in [3.63, 3.8) is 0 Å². The Morgan fingerprint density at radius 1 is 1.14 bits per heavy atom. The third-order valence-corrected chi connectivity index (χ3v) is 8.13. The minimum Gasteiger partial charge on any atom is -0.315 e. The molecule has 4 rings (SSSR count). The van der Waals surface area contributed by atoms with Crippen LogP contribution in [0, 0.1) is 24.0 Å². The summed E-state index contributed by atoms with van der Waals surface area (Å²) in [4.78, 5) is 17.2. The lowest BCUT2D eigenvalue weighted by atomic mass is 10.1. The molecule has 1 fully saturated rings. The molecular weight excluding hydrogens is 410 g/mol. The first-order valence-corrected chi connectivity index (χ1v) is 12.0. The molecule has 0 N–H and O–H groups in total. The second-order valence-corrected chi connectivity index (χ2v) is 10.6. The fraction of sp³-hybridized carbons (Fsp3) is 0.350. The molecule has 7 nitrogen and oxygen atoms in total. The van der Waals surface area contributed by atoms with Crippen molar-refractivity contribution in [2.75, 3.05) is 16.4 Å². The van der Waals surface area contributed by atoms with Gasteiger partial charge in [0.15, 0.2) is 15.0 Å². The molecule has 2 aromatic carbocycles. The maximum atomic E-state index is 12.2. The molecule has 0 bridgehead atoms. The average Bonchev–Trinajstić information content (AvgIpc) is 3.13. The number of thioether (sulfide) groups is 1. The zero-order valence-corrected chi connectivity index (χ0v) is 17.7. The summed E-state index contributed by atoms with van der Waals surface area (Å²) < 4.78 is 24.3. The van der Waals surface area contributed by atoms with Gasteiger partial charge in [0.25, 0.3) is 5.69 Å². The van der Waals surface area contributed by atoms with Crippen molar-refractivity contribution in [3.05, 3.63) is 69.3 Å². The van der Waals surface area contributed by atoms with Crippen LogP contribution in [0.4, 0.5) is 11.4 Å². The molecule has 152 valence electrons. The van der Waals surface area contributed by atoms with E-state index in [-0.39, 0.29) is 29.3 Å². The highest BCUT2D eigenvalue weighted by molar-refractivity contribution is 8.13. The molecule has 2 atom stereocenters. The number of nitro groups is 1. The van der Waals surface area contributed by atoms with Gasteiger partial charge in [-0.25, -0.2) is 8.42 Å². The molecule has 0 aromatic heterocycles. The Labute approximate surface area is 173 Å². The van der Waals surface area contributed by atoms with Crippen molar-refractivity contribution in [3.8, 4) is 0 Å². The number of sulfone groups is 1. The lowest BCUT2D eigenvalue weighted by Gasteiger charge is -2.27. The van der Waals surface area contributed by atoms with Gasteiger partial charge in [0.2, 0.25) is 0 Å². The van der Waals surface area contributed by atoms with Gasteiger partial charge >= 0.3 is 0 Å². The van der Waals surface area contributed by atoms with Crippen LogP contribution in [0.25, 0.3) is 0 Å². The summed E-state index contributed by atoms with van der Waals surface area (Å²) in [6.07, 6.45) is 0. The van der Waals surface area contributed by atoms with Crippen LogP contribution in [-0.2, 0) is 15.6 Å². The number of benzene rings is 2. The number of non-ortho nitro benzene ring substituents is 1. The first kappa shape index (κ1) is 19.9. The van der Waals surface area contributed by atoms with Gasteiger partial charge in [-0.15, -0.1) is 0 Å². The van der Waals surface area contributed by atoms with E-state index in [2.05, 4.69) is 11.0 Å². The van der Waals surface area contributed by atoms with Crippen molar-refractivity contribution in [1.82, 2.24) is 0 Å². The maximum Gasteiger partial charge on any atom is 0.269 e. The third-order valence-electron chi connectivity index (χ3n) is 5.39. The summed E-state index contributed by atoms with van der Waals surface area (Å²) in [5.74, 6) is 0.792. The molecule has 1 saturated heterocycles. The van der Waals surface area contributed by atoms with Crippen molar-refractivity contribution in [2.45, 2.75) is 31.7 Å². The van der Waals surface area contributed by atoms with Gasteiger partial charge in [0, 0.05) is 23.6 Å². The number of hydrogen-bond donors (Lipinski definition) is 0. The summed E-state index contributed by atoms with van der Waals surface area (Å²) in [5.41, 5.74) is 4.29. The van der Waals surface area contributed by atoms with E-state index in [9.17, 15) is 18.5 Å². The summed E-state index contributed by atoms with van der Waals surface area (Å²) in [6.45, 7) is 4.09. The van der Waals surface area contributed by atoms with Gasteiger partial charge in [-0.2, -0.15) is 0 Å². The van der Waals surface area contributed by atoms with Crippen LogP contribution in [0.15, 0.2) is 47.5 Å². The van der Waals surface area contributed by atoms with Gasteiger partial charge in [-0.3, -0.25) is 15.1 Å². The summed E-state index contributed by atoms with van der Waals surface area (Å²) >= 11 is 1.53. The van der Waals surface area contributed by atoms with E-state index in [1.54, 1.807) is 12.1 Å². The van der Waals surface area contributed by atoms with Crippen LogP contribution < -0.4 is 4.90 Å². The van der Waals surface area contributed by atoms with Crippen LogP contribution in [0.1, 0.15) is 16.7 Å². The lowest BCUT2D eigenvalue weighted by molar-refractivity contribution is -0.384. The first-order valence-electron chi connectivity index (χ1n) is 9.24. The van der Waals surface area contributed by atoms with E-state index in [0.29, 0.717) is 5.75 Å². The molecule has 2 aliphatic heterocycles. The molecule has 0 amide bonds. The second kappa shape index (κ2) is 7.46. The predicted molar refractivity (Wildman–Crippen MR) is 116 cm³/mol. The molecule has 9 heteroatoms. The minimum atomic E-state index is -3.09.